The molecule has 0 aromatic heterocycles. The Morgan fingerprint density at radius 3 is 2.65 bits per heavy atom. The SMILES string of the molecule is CCOc1cccc(/C=N/N2CCN(C)CC2)c1O.Cl. The summed E-state index contributed by atoms with van der Waals surface area (Å²) in [6, 6.07) is 5.44. The first-order valence-corrected chi connectivity index (χ1v) is 6.63. The van der Waals surface area contributed by atoms with E-state index >= 15 is 0 Å². The smallest absolute Gasteiger partial charge is 0.166 e. The van der Waals surface area contributed by atoms with Gasteiger partial charge < -0.3 is 14.7 Å². The molecule has 1 saturated heterocycles. The van der Waals surface area contributed by atoms with Gasteiger partial charge in [0.25, 0.3) is 0 Å². The molecule has 2 rings (SSSR count). The van der Waals surface area contributed by atoms with Gasteiger partial charge in [0.1, 0.15) is 0 Å². The minimum atomic E-state index is 0. The van der Waals surface area contributed by atoms with Crippen molar-refractivity contribution < 1.29 is 9.84 Å². The van der Waals surface area contributed by atoms with Crippen LogP contribution >= 0.6 is 12.4 Å². The highest BCUT2D eigenvalue weighted by molar-refractivity contribution is 5.85. The number of likely N-dealkylation sites (N-methyl/N-ethyl adjacent to an activating group) is 1. The summed E-state index contributed by atoms with van der Waals surface area (Å²) < 4.78 is 5.35. The summed E-state index contributed by atoms with van der Waals surface area (Å²) in [5, 5.41) is 16.5. The van der Waals surface area contributed by atoms with Gasteiger partial charge in [0, 0.05) is 31.7 Å². The van der Waals surface area contributed by atoms with Crippen molar-refractivity contribution in [3.63, 3.8) is 0 Å². The van der Waals surface area contributed by atoms with Crippen molar-refractivity contribution >= 4 is 18.6 Å². The van der Waals surface area contributed by atoms with E-state index in [4.69, 9.17) is 4.74 Å². The van der Waals surface area contributed by atoms with Crippen molar-refractivity contribution in [1.29, 1.82) is 0 Å². The fourth-order valence-electron chi connectivity index (χ4n) is 1.97. The van der Waals surface area contributed by atoms with Gasteiger partial charge in [0.15, 0.2) is 11.5 Å². The predicted molar refractivity (Wildman–Crippen MR) is 83.2 cm³/mol. The molecular formula is C14H22ClN3O2. The summed E-state index contributed by atoms with van der Waals surface area (Å²) in [7, 11) is 2.11. The summed E-state index contributed by atoms with van der Waals surface area (Å²) in [4.78, 5) is 2.28. The molecule has 1 aromatic rings. The molecule has 6 heteroatoms. The molecule has 0 amide bonds. The van der Waals surface area contributed by atoms with Crippen LogP contribution in [0, 0.1) is 0 Å². The number of rotatable bonds is 4. The van der Waals surface area contributed by atoms with E-state index in [0.717, 1.165) is 26.2 Å². The average Bonchev–Trinajstić information content (AvgIpc) is 2.42. The average molecular weight is 300 g/mol. The van der Waals surface area contributed by atoms with Gasteiger partial charge in [0.05, 0.1) is 12.8 Å². The number of aromatic hydroxyl groups is 1. The Kier molecular flexibility index (Phi) is 6.61. The summed E-state index contributed by atoms with van der Waals surface area (Å²) in [5.74, 6) is 0.659. The number of hydrazone groups is 1. The molecule has 5 nitrogen and oxygen atoms in total. The number of phenols is 1. The number of piperazine rings is 1. The summed E-state index contributed by atoms with van der Waals surface area (Å²) in [5.41, 5.74) is 0.685. The maximum absolute atomic E-state index is 10.0. The fourth-order valence-corrected chi connectivity index (χ4v) is 1.97. The van der Waals surface area contributed by atoms with Crippen LogP contribution in [0.2, 0.25) is 0 Å². The van der Waals surface area contributed by atoms with Crippen molar-refractivity contribution in [1.82, 2.24) is 9.91 Å². The molecule has 0 aliphatic carbocycles. The van der Waals surface area contributed by atoms with Gasteiger partial charge in [-0.3, -0.25) is 5.01 Å². The van der Waals surface area contributed by atoms with Crippen LogP contribution in [0.4, 0.5) is 0 Å². The van der Waals surface area contributed by atoms with Gasteiger partial charge in [-0.05, 0) is 26.1 Å². The van der Waals surface area contributed by atoms with E-state index < -0.39 is 0 Å². The molecule has 112 valence electrons. The van der Waals surface area contributed by atoms with E-state index in [1.165, 1.54) is 0 Å². The van der Waals surface area contributed by atoms with Gasteiger partial charge in [0.2, 0.25) is 0 Å². The number of phenolic OH excluding ortho intramolecular Hbond substituents is 1. The van der Waals surface area contributed by atoms with Gasteiger partial charge >= 0.3 is 0 Å². The summed E-state index contributed by atoms with van der Waals surface area (Å²) >= 11 is 0. The standard InChI is InChI=1S/C14H21N3O2.ClH/c1-3-19-13-6-4-5-12(14(13)18)11-15-17-9-7-16(2)8-10-17;/h4-6,11,18H,3,7-10H2,1-2H3;1H/b15-11+;. The maximum Gasteiger partial charge on any atom is 0.166 e. The molecule has 0 saturated carbocycles. The lowest BCUT2D eigenvalue weighted by atomic mass is 10.2. The number of nitrogens with zero attached hydrogens (tertiary/aromatic N) is 3. The van der Waals surface area contributed by atoms with E-state index in [1.807, 2.05) is 24.1 Å². The van der Waals surface area contributed by atoms with E-state index in [-0.39, 0.29) is 18.2 Å². The first-order valence-electron chi connectivity index (χ1n) is 6.63. The highest BCUT2D eigenvalue weighted by atomic mass is 35.5. The predicted octanol–water partition coefficient (Wildman–Crippen LogP) is 1.79. The maximum atomic E-state index is 10.0. The first-order chi connectivity index (χ1) is 9.20. The molecule has 0 spiro atoms. The number of ether oxygens (including phenoxy) is 1. The number of para-hydroxylation sites is 1. The second-order valence-corrected chi connectivity index (χ2v) is 4.63. The van der Waals surface area contributed by atoms with Crippen molar-refractivity contribution in [2.45, 2.75) is 6.92 Å². The van der Waals surface area contributed by atoms with Crippen molar-refractivity contribution in [2.24, 2.45) is 5.10 Å². The molecular weight excluding hydrogens is 278 g/mol. The highest BCUT2D eigenvalue weighted by Gasteiger charge is 2.11. The van der Waals surface area contributed by atoms with E-state index in [2.05, 4.69) is 17.0 Å². The minimum absolute atomic E-state index is 0. The zero-order valence-corrected chi connectivity index (χ0v) is 12.8. The highest BCUT2D eigenvalue weighted by Crippen LogP contribution is 2.28. The molecule has 1 N–H and O–H groups in total. The van der Waals surface area contributed by atoms with Crippen LogP contribution in [-0.2, 0) is 0 Å². The zero-order valence-electron chi connectivity index (χ0n) is 12.0. The Morgan fingerprint density at radius 1 is 1.30 bits per heavy atom. The minimum Gasteiger partial charge on any atom is -0.504 e. The number of hydrogen-bond acceptors (Lipinski definition) is 5. The van der Waals surface area contributed by atoms with Crippen LogP contribution in [0.5, 0.6) is 11.5 Å². The van der Waals surface area contributed by atoms with Crippen LogP contribution < -0.4 is 4.74 Å². The van der Waals surface area contributed by atoms with Gasteiger partial charge in [-0.2, -0.15) is 5.10 Å². The Bertz CT molecular complexity index is 446. The molecule has 1 aliphatic heterocycles. The summed E-state index contributed by atoms with van der Waals surface area (Å²) in [6.45, 7) is 6.29. The third kappa shape index (κ3) is 4.28. The Labute approximate surface area is 126 Å². The van der Waals surface area contributed by atoms with Crippen LogP contribution in [0.25, 0.3) is 0 Å². The molecule has 0 atom stereocenters. The van der Waals surface area contributed by atoms with Crippen LogP contribution in [0.1, 0.15) is 12.5 Å². The third-order valence-corrected chi connectivity index (χ3v) is 3.17. The van der Waals surface area contributed by atoms with Crippen molar-refractivity contribution in [2.75, 3.05) is 39.8 Å². The van der Waals surface area contributed by atoms with E-state index in [0.29, 0.717) is 17.9 Å². The number of halogens is 1. The molecule has 20 heavy (non-hydrogen) atoms. The lowest BCUT2D eigenvalue weighted by molar-refractivity contribution is 0.159. The largest absolute Gasteiger partial charge is 0.504 e. The zero-order chi connectivity index (χ0) is 13.7. The lowest BCUT2D eigenvalue weighted by Gasteiger charge is -2.30. The molecule has 0 unspecified atom stereocenters. The quantitative estimate of drug-likeness (QED) is 0.861. The monoisotopic (exact) mass is 299 g/mol. The van der Waals surface area contributed by atoms with E-state index in [1.54, 1.807) is 12.3 Å². The third-order valence-electron chi connectivity index (χ3n) is 3.17. The second kappa shape index (κ2) is 7.97. The van der Waals surface area contributed by atoms with Gasteiger partial charge in [-0.15, -0.1) is 12.4 Å². The first kappa shape index (κ1) is 16.6. The molecule has 1 aliphatic rings. The van der Waals surface area contributed by atoms with Crippen LogP contribution in [0.3, 0.4) is 0 Å². The normalized spacial score (nSPS) is 16.2. The Balaban J connectivity index is 0.00000200. The number of hydrogen-bond donors (Lipinski definition) is 1. The number of benzene rings is 1. The molecule has 0 bridgehead atoms. The Hall–Kier alpha value is -1.46. The topological polar surface area (TPSA) is 48.3 Å². The summed E-state index contributed by atoms with van der Waals surface area (Å²) in [6.07, 6.45) is 1.70. The molecule has 1 fully saturated rings. The van der Waals surface area contributed by atoms with Crippen LogP contribution in [-0.4, -0.2) is 61.1 Å². The fraction of sp³-hybridized carbons (Fsp3) is 0.500. The van der Waals surface area contributed by atoms with E-state index in [9.17, 15) is 5.11 Å². The Morgan fingerprint density at radius 2 is 2.00 bits per heavy atom. The van der Waals surface area contributed by atoms with Crippen molar-refractivity contribution in [3.8, 4) is 11.5 Å². The molecule has 1 heterocycles. The molecule has 0 radical (unpaired) electrons. The van der Waals surface area contributed by atoms with Gasteiger partial charge in [-0.25, -0.2) is 0 Å². The van der Waals surface area contributed by atoms with Gasteiger partial charge in [-0.1, -0.05) is 6.07 Å². The molecule has 1 aromatic carbocycles. The second-order valence-electron chi connectivity index (χ2n) is 4.63. The van der Waals surface area contributed by atoms with Crippen molar-refractivity contribution in [3.05, 3.63) is 23.8 Å². The van der Waals surface area contributed by atoms with Crippen LogP contribution in [0.15, 0.2) is 23.3 Å². The lowest BCUT2D eigenvalue weighted by Crippen LogP contribution is -2.41.